The highest BCUT2D eigenvalue weighted by atomic mass is 32.1. The number of thiophene rings is 1. The quantitative estimate of drug-likeness (QED) is 0.554. The number of hydrogen-bond acceptors (Lipinski definition) is 5. The molecule has 0 unspecified atom stereocenters. The van der Waals surface area contributed by atoms with Crippen molar-refractivity contribution in [1.82, 2.24) is 19.4 Å². The van der Waals surface area contributed by atoms with Crippen LogP contribution < -0.4 is 0 Å². The normalized spacial score (nSPS) is 17.2. The third-order valence-corrected chi connectivity index (χ3v) is 5.46. The van der Waals surface area contributed by atoms with Gasteiger partial charge in [0.25, 0.3) is 5.91 Å². The molecule has 6 nitrogen and oxygen atoms in total. The number of carbonyl (C=O) groups excluding carboxylic acids is 1. The zero-order valence-electron chi connectivity index (χ0n) is 13.9. The van der Waals surface area contributed by atoms with Crippen LogP contribution in [0.1, 0.15) is 22.8 Å². The number of nitrogens with zero attached hydrogens (tertiary/aromatic N) is 4. The minimum Gasteiger partial charge on any atom is -0.461 e. The fraction of sp³-hybridized carbons (Fsp3) is 0.211. The summed E-state index contributed by atoms with van der Waals surface area (Å²) in [6.07, 6.45) is 4.29. The molecule has 4 aromatic rings. The van der Waals surface area contributed by atoms with E-state index in [0.29, 0.717) is 12.3 Å². The Bertz CT molecular complexity index is 1050. The van der Waals surface area contributed by atoms with Crippen LogP contribution >= 0.6 is 11.3 Å². The molecule has 1 atom stereocenters. The van der Waals surface area contributed by atoms with Crippen molar-refractivity contribution in [3.63, 3.8) is 0 Å². The van der Waals surface area contributed by atoms with Crippen LogP contribution in [0.3, 0.4) is 0 Å². The van der Waals surface area contributed by atoms with Crippen LogP contribution in [0.2, 0.25) is 0 Å². The van der Waals surface area contributed by atoms with Crippen molar-refractivity contribution in [3.05, 3.63) is 59.1 Å². The molecule has 4 aromatic heterocycles. The van der Waals surface area contributed by atoms with Crippen LogP contribution in [0, 0.1) is 0 Å². The second kappa shape index (κ2) is 6.10. The lowest BCUT2D eigenvalue weighted by atomic mass is 10.2. The number of hydrogen-bond donors (Lipinski definition) is 0. The average molecular weight is 364 g/mol. The average Bonchev–Trinajstić information content (AvgIpc) is 3.47. The number of pyridine rings is 1. The second-order valence-corrected chi connectivity index (χ2v) is 7.11. The zero-order chi connectivity index (χ0) is 17.5. The molecule has 1 amide bonds. The lowest BCUT2D eigenvalue weighted by Crippen LogP contribution is -2.28. The Labute approximate surface area is 153 Å². The Hall–Kier alpha value is -2.93. The van der Waals surface area contributed by atoms with E-state index in [1.165, 1.54) is 0 Å². The van der Waals surface area contributed by atoms with Crippen LogP contribution in [-0.2, 0) is 0 Å². The molecular formula is C19H16N4O2S. The molecule has 0 spiro atoms. The van der Waals surface area contributed by atoms with Gasteiger partial charge in [-0.2, -0.15) is 11.3 Å². The number of imidazole rings is 1. The van der Waals surface area contributed by atoms with Gasteiger partial charge in [-0.15, -0.1) is 0 Å². The molecule has 130 valence electrons. The lowest BCUT2D eigenvalue weighted by molar-refractivity contribution is 0.0788. The largest absolute Gasteiger partial charge is 0.461 e. The van der Waals surface area contributed by atoms with Crippen molar-refractivity contribution in [1.29, 1.82) is 0 Å². The van der Waals surface area contributed by atoms with Crippen LogP contribution in [0.25, 0.3) is 22.7 Å². The van der Waals surface area contributed by atoms with Gasteiger partial charge < -0.3 is 13.9 Å². The summed E-state index contributed by atoms with van der Waals surface area (Å²) in [5, 5.41) is 3.83. The van der Waals surface area contributed by atoms with Gasteiger partial charge in [0.2, 0.25) is 0 Å². The van der Waals surface area contributed by atoms with Crippen molar-refractivity contribution in [3.8, 4) is 11.6 Å². The number of furan rings is 1. The molecule has 0 saturated carbocycles. The van der Waals surface area contributed by atoms with Gasteiger partial charge in [-0.05, 0) is 42.1 Å². The topological polar surface area (TPSA) is 64.2 Å². The summed E-state index contributed by atoms with van der Waals surface area (Å²) in [5.41, 5.74) is 2.42. The summed E-state index contributed by atoms with van der Waals surface area (Å²) < 4.78 is 7.71. The first kappa shape index (κ1) is 15.3. The molecule has 1 saturated heterocycles. The summed E-state index contributed by atoms with van der Waals surface area (Å²) in [6.45, 7) is 1.37. The van der Waals surface area contributed by atoms with Gasteiger partial charge in [0, 0.05) is 24.7 Å². The van der Waals surface area contributed by atoms with E-state index in [2.05, 4.69) is 9.55 Å². The first-order valence-electron chi connectivity index (χ1n) is 8.49. The summed E-state index contributed by atoms with van der Waals surface area (Å²) in [7, 11) is 0. The smallest absolute Gasteiger partial charge is 0.254 e. The summed E-state index contributed by atoms with van der Waals surface area (Å²) in [5.74, 6) is 1.56. The molecule has 0 N–H and O–H groups in total. The maximum Gasteiger partial charge on any atom is 0.254 e. The maximum absolute atomic E-state index is 12.7. The molecule has 0 bridgehead atoms. The van der Waals surface area contributed by atoms with Crippen LogP contribution in [0.5, 0.6) is 0 Å². The van der Waals surface area contributed by atoms with Crippen LogP contribution in [0.4, 0.5) is 0 Å². The minimum absolute atomic E-state index is 0.0886. The van der Waals surface area contributed by atoms with Crippen LogP contribution in [-0.4, -0.2) is 38.4 Å². The minimum atomic E-state index is 0.0886. The highest BCUT2D eigenvalue weighted by Crippen LogP contribution is 2.32. The van der Waals surface area contributed by atoms with Gasteiger partial charge in [-0.3, -0.25) is 4.79 Å². The fourth-order valence-electron chi connectivity index (χ4n) is 3.56. The molecule has 0 aliphatic carbocycles. The van der Waals surface area contributed by atoms with E-state index in [0.717, 1.165) is 35.5 Å². The zero-order valence-corrected chi connectivity index (χ0v) is 14.7. The highest BCUT2D eigenvalue weighted by Gasteiger charge is 2.31. The lowest BCUT2D eigenvalue weighted by Gasteiger charge is -2.18. The molecule has 7 heteroatoms. The van der Waals surface area contributed by atoms with E-state index in [9.17, 15) is 4.79 Å². The first-order valence-corrected chi connectivity index (χ1v) is 9.44. The Kier molecular flexibility index (Phi) is 3.60. The van der Waals surface area contributed by atoms with Crippen molar-refractivity contribution in [2.24, 2.45) is 0 Å². The SMILES string of the molecule is O=C(c1ccsc1)N1CC[C@H](n2c(-c3ccco3)nc3cccnc32)C1. The van der Waals surface area contributed by atoms with Crippen molar-refractivity contribution in [2.45, 2.75) is 12.5 Å². The van der Waals surface area contributed by atoms with E-state index in [4.69, 9.17) is 9.40 Å². The highest BCUT2D eigenvalue weighted by molar-refractivity contribution is 7.08. The number of carbonyl (C=O) groups is 1. The number of rotatable bonds is 3. The van der Waals surface area contributed by atoms with E-state index in [-0.39, 0.29) is 11.9 Å². The van der Waals surface area contributed by atoms with Gasteiger partial charge in [-0.1, -0.05) is 0 Å². The predicted octanol–water partition coefficient (Wildman–Crippen LogP) is 3.84. The standard InChI is InChI=1S/C19H16N4O2S/c24-19(13-6-10-26-12-13)22-8-5-14(11-22)23-17-15(3-1-7-20-17)21-18(23)16-4-2-9-25-16/h1-4,6-7,9-10,12,14H,5,8,11H2/t14-/m0/s1. The number of fused-ring (bicyclic) bond motifs is 1. The number of likely N-dealkylation sites (tertiary alicyclic amines) is 1. The maximum atomic E-state index is 12.7. The van der Waals surface area contributed by atoms with E-state index < -0.39 is 0 Å². The molecule has 0 radical (unpaired) electrons. The van der Waals surface area contributed by atoms with Crippen molar-refractivity contribution in [2.75, 3.05) is 13.1 Å². The molecule has 5 rings (SSSR count). The molecule has 1 aliphatic rings. The van der Waals surface area contributed by atoms with Gasteiger partial charge in [-0.25, -0.2) is 9.97 Å². The van der Waals surface area contributed by atoms with Gasteiger partial charge in [0.15, 0.2) is 17.2 Å². The van der Waals surface area contributed by atoms with E-state index in [1.807, 2.05) is 46.0 Å². The van der Waals surface area contributed by atoms with Gasteiger partial charge in [0.05, 0.1) is 17.9 Å². The summed E-state index contributed by atoms with van der Waals surface area (Å²) in [4.78, 5) is 23.8. The summed E-state index contributed by atoms with van der Waals surface area (Å²) >= 11 is 1.54. The van der Waals surface area contributed by atoms with Crippen molar-refractivity contribution < 1.29 is 9.21 Å². The Morgan fingerprint density at radius 2 is 2.23 bits per heavy atom. The predicted molar refractivity (Wildman–Crippen MR) is 99.1 cm³/mol. The Morgan fingerprint density at radius 3 is 3.04 bits per heavy atom. The number of amides is 1. The van der Waals surface area contributed by atoms with Gasteiger partial charge in [0.1, 0.15) is 5.52 Å². The second-order valence-electron chi connectivity index (χ2n) is 6.33. The molecule has 26 heavy (non-hydrogen) atoms. The van der Waals surface area contributed by atoms with Gasteiger partial charge >= 0.3 is 0 Å². The molecule has 1 aliphatic heterocycles. The fourth-order valence-corrected chi connectivity index (χ4v) is 4.19. The third kappa shape index (κ3) is 2.43. The van der Waals surface area contributed by atoms with Crippen molar-refractivity contribution >= 4 is 28.4 Å². The Morgan fingerprint density at radius 1 is 1.27 bits per heavy atom. The Balaban J connectivity index is 1.53. The monoisotopic (exact) mass is 364 g/mol. The molecule has 0 aromatic carbocycles. The molecule has 5 heterocycles. The molecule has 1 fully saturated rings. The first-order chi connectivity index (χ1) is 12.8. The molecular weight excluding hydrogens is 348 g/mol. The van der Waals surface area contributed by atoms with E-state index >= 15 is 0 Å². The van der Waals surface area contributed by atoms with E-state index in [1.54, 1.807) is 23.8 Å². The third-order valence-electron chi connectivity index (χ3n) is 4.77. The van der Waals surface area contributed by atoms with Crippen LogP contribution in [0.15, 0.2) is 58.0 Å². The number of aromatic nitrogens is 3. The summed E-state index contributed by atoms with van der Waals surface area (Å²) in [6, 6.07) is 9.59.